The van der Waals surface area contributed by atoms with Gasteiger partial charge < -0.3 is 0 Å². The fraction of sp³-hybridized carbons (Fsp3) is 0.833. The first kappa shape index (κ1) is 20.5. The molecule has 0 aliphatic heterocycles. The van der Waals surface area contributed by atoms with Gasteiger partial charge in [-0.3, -0.25) is 4.68 Å². The molecule has 0 spiro atoms. The first-order valence-electron chi connectivity index (χ1n) is 12.0. The Balaban J connectivity index is 1.35. The molecule has 1 heterocycles. The third-order valence-corrected chi connectivity index (χ3v) is 11.9. The summed E-state index contributed by atoms with van der Waals surface area (Å²) < 4.78 is 28.3. The Morgan fingerprint density at radius 3 is 2.70 bits per heavy atom. The van der Waals surface area contributed by atoms with Crippen LogP contribution in [0.1, 0.15) is 77.2 Å². The van der Waals surface area contributed by atoms with Crippen LogP contribution in [0.15, 0.2) is 12.4 Å². The van der Waals surface area contributed by atoms with Gasteiger partial charge >= 0.3 is 0 Å². The minimum Gasteiger partial charge on any atom is -0.256 e. The highest BCUT2D eigenvalue weighted by molar-refractivity contribution is 7.91. The second-order valence-corrected chi connectivity index (χ2v) is 13.3. The van der Waals surface area contributed by atoms with Gasteiger partial charge in [0.2, 0.25) is 0 Å². The average molecular weight is 430 g/mol. The number of hydrogen-bond donors (Lipinski definition) is 0. The van der Waals surface area contributed by atoms with Crippen molar-refractivity contribution < 1.29 is 8.42 Å². The van der Waals surface area contributed by atoms with Crippen LogP contribution in [0.5, 0.6) is 0 Å². The summed E-state index contributed by atoms with van der Waals surface area (Å²) in [6, 6.07) is 2.03. The van der Waals surface area contributed by atoms with Crippen LogP contribution in [0, 0.1) is 52.3 Å². The number of nitrogens with zero attached hydrogens (tertiary/aromatic N) is 3. The van der Waals surface area contributed by atoms with Crippen molar-refractivity contribution >= 4 is 9.84 Å². The van der Waals surface area contributed by atoms with Gasteiger partial charge in [0.1, 0.15) is 11.9 Å². The van der Waals surface area contributed by atoms with Crippen molar-refractivity contribution in [2.45, 2.75) is 82.8 Å². The number of nitriles is 1. The molecule has 0 N–H and O–H groups in total. The highest BCUT2D eigenvalue weighted by atomic mass is 32.2. The molecule has 4 aliphatic rings. The van der Waals surface area contributed by atoms with Crippen LogP contribution >= 0.6 is 0 Å². The van der Waals surface area contributed by atoms with Crippen LogP contribution in [0.4, 0.5) is 0 Å². The Labute approximate surface area is 181 Å². The van der Waals surface area contributed by atoms with Gasteiger partial charge in [0.15, 0.2) is 9.84 Å². The molecule has 6 heteroatoms. The van der Waals surface area contributed by atoms with Gasteiger partial charge in [-0.05, 0) is 92.3 Å². The minimum atomic E-state index is -3.31. The van der Waals surface area contributed by atoms with Gasteiger partial charge in [-0.2, -0.15) is 10.4 Å². The van der Waals surface area contributed by atoms with Gasteiger partial charge in [0, 0.05) is 6.20 Å². The van der Waals surface area contributed by atoms with E-state index in [0.717, 1.165) is 48.9 Å². The summed E-state index contributed by atoms with van der Waals surface area (Å²) in [5.41, 5.74) is 0.319. The zero-order valence-corrected chi connectivity index (χ0v) is 19.2. The maximum absolute atomic E-state index is 13.4. The number of rotatable bonds is 3. The monoisotopic (exact) mass is 429 g/mol. The van der Waals surface area contributed by atoms with Crippen LogP contribution in [-0.2, 0) is 15.7 Å². The maximum atomic E-state index is 13.4. The van der Waals surface area contributed by atoms with Crippen LogP contribution in [0.3, 0.4) is 0 Å². The summed E-state index contributed by atoms with van der Waals surface area (Å²) in [6.07, 6.45) is 14.0. The average Bonchev–Trinajstić information content (AvgIpc) is 3.30. The molecule has 5 nitrogen and oxygen atoms in total. The largest absolute Gasteiger partial charge is 0.256 e. The van der Waals surface area contributed by atoms with E-state index in [1.54, 1.807) is 6.20 Å². The van der Waals surface area contributed by atoms with E-state index < -0.39 is 9.84 Å². The number of fused-ring (bicyclic) bond motifs is 5. The quantitative estimate of drug-likeness (QED) is 0.692. The molecule has 4 fully saturated rings. The molecule has 8 atom stereocenters. The Bertz CT molecular complexity index is 948. The molecule has 4 aliphatic carbocycles. The molecule has 0 saturated heterocycles. The van der Waals surface area contributed by atoms with E-state index >= 15 is 0 Å². The third-order valence-electron chi connectivity index (χ3n) is 9.64. The highest BCUT2D eigenvalue weighted by Gasteiger charge is 2.59. The van der Waals surface area contributed by atoms with Gasteiger partial charge in [0.05, 0.1) is 17.0 Å². The summed E-state index contributed by atoms with van der Waals surface area (Å²) in [5, 5.41) is 12.8. The molecule has 0 bridgehead atoms. The van der Waals surface area contributed by atoms with Crippen molar-refractivity contribution in [2.75, 3.05) is 0 Å². The number of hydrogen-bond acceptors (Lipinski definition) is 4. The minimum absolute atomic E-state index is 0.0972. The zero-order valence-electron chi connectivity index (χ0n) is 18.3. The molecule has 0 amide bonds. The molecule has 30 heavy (non-hydrogen) atoms. The van der Waals surface area contributed by atoms with E-state index in [1.165, 1.54) is 49.4 Å². The van der Waals surface area contributed by atoms with Gasteiger partial charge in [0.25, 0.3) is 0 Å². The molecule has 1 aromatic rings. The molecular formula is C24H35N3O2S. The van der Waals surface area contributed by atoms with Crippen molar-refractivity contribution in [3.8, 4) is 6.07 Å². The fourth-order valence-electron chi connectivity index (χ4n) is 8.40. The standard InChI is InChI=1S/C24H35N3O2S/c1-16-3-5-19-18(11-16)4-6-21-20(19)9-10-24(2)22(21)7-8-23(24)30(28,29)15-27-14-17(12-25)13-26-27/h13-14,16,18-23H,3-11,15H2,1-2H3. The van der Waals surface area contributed by atoms with Gasteiger partial charge in [-0.15, -0.1) is 0 Å². The molecule has 8 unspecified atom stereocenters. The summed E-state index contributed by atoms with van der Waals surface area (Å²) in [4.78, 5) is 0. The fourth-order valence-corrected chi connectivity index (χ4v) is 10.7. The Morgan fingerprint density at radius 2 is 1.93 bits per heavy atom. The second kappa shape index (κ2) is 7.36. The van der Waals surface area contributed by atoms with Crippen LogP contribution < -0.4 is 0 Å². The van der Waals surface area contributed by atoms with E-state index in [2.05, 4.69) is 18.9 Å². The molecular weight excluding hydrogens is 394 g/mol. The van der Waals surface area contributed by atoms with Gasteiger partial charge in [-0.1, -0.05) is 20.3 Å². The normalized spacial score (nSPS) is 43.3. The number of aromatic nitrogens is 2. The van der Waals surface area contributed by atoms with Gasteiger partial charge in [-0.25, -0.2) is 8.42 Å². The van der Waals surface area contributed by atoms with Crippen LogP contribution in [-0.4, -0.2) is 23.4 Å². The SMILES string of the molecule is CC1CCC2C(CCC3C2CCC2(C)C3CCC2S(=O)(=O)Cn2cc(C#N)cn2)C1. The van der Waals surface area contributed by atoms with E-state index in [1.807, 2.05) is 6.07 Å². The first-order valence-corrected chi connectivity index (χ1v) is 13.7. The lowest BCUT2D eigenvalue weighted by Crippen LogP contribution is -2.50. The third kappa shape index (κ3) is 3.23. The molecule has 1 aromatic heterocycles. The van der Waals surface area contributed by atoms with Crippen molar-refractivity contribution in [2.24, 2.45) is 40.9 Å². The highest BCUT2D eigenvalue weighted by Crippen LogP contribution is 2.63. The smallest absolute Gasteiger partial charge is 0.173 e. The Hall–Kier alpha value is -1.35. The van der Waals surface area contributed by atoms with Crippen molar-refractivity contribution in [3.05, 3.63) is 18.0 Å². The second-order valence-electron chi connectivity index (χ2n) is 11.1. The lowest BCUT2D eigenvalue weighted by atomic mass is 9.50. The zero-order chi connectivity index (χ0) is 21.1. The van der Waals surface area contributed by atoms with Crippen molar-refractivity contribution in [1.29, 1.82) is 5.26 Å². The molecule has 5 rings (SSSR count). The predicted molar refractivity (Wildman–Crippen MR) is 116 cm³/mol. The van der Waals surface area contributed by atoms with Crippen LogP contribution in [0.2, 0.25) is 0 Å². The lowest BCUT2D eigenvalue weighted by Gasteiger charge is -2.56. The molecule has 164 valence electrons. The Kier molecular flexibility index (Phi) is 5.04. The molecule has 0 radical (unpaired) electrons. The van der Waals surface area contributed by atoms with Crippen LogP contribution in [0.25, 0.3) is 0 Å². The topological polar surface area (TPSA) is 75.8 Å². The molecule has 4 saturated carbocycles. The van der Waals surface area contributed by atoms with E-state index in [4.69, 9.17) is 5.26 Å². The van der Waals surface area contributed by atoms with E-state index in [0.29, 0.717) is 11.5 Å². The maximum Gasteiger partial charge on any atom is 0.173 e. The Morgan fingerprint density at radius 1 is 1.13 bits per heavy atom. The number of sulfone groups is 1. The predicted octanol–water partition coefficient (Wildman–Crippen LogP) is 4.78. The summed E-state index contributed by atoms with van der Waals surface area (Å²) >= 11 is 0. The first-order chi connectivity index (χ1) is 14.3. The van der Waals surface area contributed by atoms with E-state index in [-0.39, 0.29) is 16.5 Å². The van der Waals surface area contributed by atoms with E-state index in [9.17, 15) is 8.42 Å². The molecule has 0 aromatic carbocycles. The summed E-state index contributed by atoms with van der Waals surface area (Å²) in [6.45, 7) is 4.70. The van der Waals surface area contributed by atoms with Crippen molar-refractivity contribution in [1.82, 2.24) is 9.78 Å². The van der Waals surface area contributed by atoms with Crippen molar-refractivity contribution in [3.63, 3.8) is 0 Å². The lowest BCUT2D eigenvalue weighted by molar-refractivity contribution is -0.0544. The summed E-state index contributed by atoms with van der Waals surface area (Å²) in [5.74, 6) is 4.74. The summed E-state index contributed by atoms with van der Waals surface area (Å²) in [7, 11) is -3.31.